The van der Waals surface area contributed by atoms with Crippen LogP contribution in [0.1, 0.15) is 69.3 Å². The molecule has 0 aromatic heterocycles. The van der Waals surface area contributed by atoms with Crippen molar-refractivity contribution in [2.45, 2.75) is 78.0 Å². The number of carbonyl (C=O) groups excluding carboxylic acids is 5. The van der Waals surface area contributed by atoms with E-state index in [2.05, 4.69) is 0 Å². The molecule has 627 valence electrons. The molecule has 0 heterocycles. The summed E-state index contributed by atoms with van der Waals surface area (Å²) in [5.41, 5.74) is 7.53. The van der Waals surface area contributed by atoms with Crippen molar-refractivity contribution >= 4 is 44.0 Å². The van der Waals surface area contributed by atoms with Gasteiger partial charge in [-0.05, 0) is 181 Å². The molecule has 12 rings (SSSR count). The fourth-order valence-electron chi connectivity index (χ4n) is 13.8. The molecule has 6 atom stereocenters. The molecular weight excluding hydrogens is 1550 g/mol. The van der Waals surface area contributed by atoms with Crippen LogP contribution >= 0.6 is 0 Å². The molecule has 3 aliphatic rings. The van der Waals surface area contributed by atoms with Gasteiger partial charge in [-0.2, -0.15) is 0 Å². The zero-order valence-electron chi connectivity index (χ0n) is 67.2. The maximum Gasteiger partial charge on any atom is 0.312 e. The van der Waals surface area contributed by atoms with Crippen LogP contribution in [0.5, 0.6) is 69.0 Å². The fraction of sp³-hybridized carbons (Fsp3) is 0.318. The first kappa shape index (κ1) is 90.1. The van der Waals surface area contributed by atoms with Crippen LogP contribution in [-0.2, 0) is 107 Å². The van der Waals surface area contributed by atoms with Crippen LogP contribution in [0.15, 0.2) is 182 Å². The standard InChI is InChI=1S/C30H32FNO8.C29H31FN2O7.C29H30FNO8.B/c1-36-22-9-5-19(6-10-22)18-40-32(17-21-8-11-23(37-2)14-27(21)38-3)28(34)24-16-30(24,29(35)39-4)15-20-7-12-26(33)25(31)13-20;1-36-21-8-4-18(5-9-21)17-39-32(16-20-7-10-22(37-2)13-26(20)38-3)27(34)23-15-29(23,28(31)35)14-19-6-11-25(33)24(30)12-19;1-36-21-8-4-18(5-9-21)17-39-31(16-20-7-10-22(37-2)13-26(20)38-3)27(33)23-15-29(23,28(34)35)14-19-6-11-25(32)24(30)12-19;/h5-14,24,33H,15-18H2,1-4H3;4-13,23,33H,14-17H2,1-3H3,(H2,31,35);4-13,23,32H,14-17H2,1-3H3,(H,34,35);/t24?,30-;2*23?,29-;/m000./s1. The highest BCUT2D eigenvalue weighted by Gasteiger charge is 2.67. The second-order valence-electron chi connectivity index (χ2n) is 28.3. The van der Waals surface area contributed by atoms with E-state index in [4.69, 9.17) is 67.6 Å². The molecule has 3 fully saturated rings. The van der Waals surface area contributed by atoms with E-state index in [1.807, 2.05) is 24.3 Å². The number of aliphatic carboxylic acids is 1. The summed E-state index contributed by atoms with van der Waals surface area (Å²) in [7, 11) is 15.1. The van der Waals surface area contributed by atoms with Gasteiger partial charge in [0.15, 0.2) is 34.7 Å². The summed E-state index contributed by atoms with van der Waals surface area (Å²) < 4.78 is 94.8. The number of phenolic OH excluding ortho intramolecular Hbond substituents is 3. The van der Waals surface area contributed by atoms with E-state index < -0.39 is 104 Å². The van der Waals surface area contributed by atoms with Crippen LogP contribution < -0.4 is 48.4 Å². The Hall–Kier alpha value is -12.9. The predicted octanol–water partition coefficient (Wildman–Crippen LogP) is 12.2. The highest BCUT2D eigenvalue weighted by molar-refractivity contribution is 5.96. The van der Waals surface area contributed by atoms with Gasteiger partial charge in [0, 0.05) is 43.3 Å². The second-order valence-corrected chi connectivity index (χ2v) is 28.3. The van der Waals surface area contributed by atoms with Crippen LogP contribution in [0.2, 0.25) is 0 Å². The number of rotatable bonds is 36. The highest BCUT2D eigenvalue weighted by Crippen LogP contribution is 2.59. The van der Waals surface area contributed by atoms with E-state index in [9.17, 15) is 62.4 Å². The summed E-state index contributed by atoms with van der Waals surface area (Å²) in [6.07, 6.45) is 0.481. The van der Waals surface area contributed by atoms with Crippen molar-refractivity contribution in [1.82, 2.24) is 15.2 Å². The molecule has 6 N–H and O–H groups in total. The minimum absolute atomic E-state index is 0. The third-order valence-corrected chi connectivity index (χ3v) is 21.0. The first-order valence-corrected chi connectivity index (χ1v) is 37.0. The predicted molar refractivity (Wildman–Crippen MR) is 425 cm³/mol. The van der Waals surface area contributed by atoms with Crippen molar-refractivity contribution in [1.29, 1.82) is 0 Å². The van der Waals surface area contributed by atoms with E-state index in [0.717, 1.165) is 40.0 Å². The van der Waals surface area contributed by atoms with Crippen molar-refractivity contribution in [2.75, 3.05) is 71.1 Å². The van der Waals surface area contributed by atoms with Gasteiger partial charge in [-0.1, -0.05) is 54.6 Å². The average Bonchev–Trinajstić information content (AvgIpc) is 1.58. The number of phenols is 3. The Bertz CT molecular complexity index is 4840. The molecule has 4 amide bonds. The average molecular weight is 1640 g/mol. The molecule has 31 heteroatoms. The van der Waals surface area contributed by atoms with Crippen molar-refractivity contribution < 1.29 is 124 Å². The summed E-state index contributed by atoms with van der Waals surface area (Å²) in [5, 5.41) is 42.2. The number of carbonyl (C=O) groups is 6. The number of primary amides is 1. The lowest BCUT2D eigenvalue weighted by Gasteiger charge is -2.25. The molecular formula is C88H93BF3N4O23. The smallest absolute Gasteiger partial charge is 0.312 e. The number of carboxylic acid groups (broad SMARTS) is 1. The van der Waals surface area contributed by atoms with E-state index >= 15 is 0 Å². The first-order chi connectivity index (χ1) is 56.6. The van der Waals surface area contributed by atoms with Crippen molar-refractivity contribution in [3.8, 4) is 69.0 Å². The molecule has 9 aromatic rings. The number of ether oxygens (including phenoxy) is 10. The molecule has 0 spiro atoms. The number of amides is 4. The zero-order valence-corrected chi connectivity index (χ0v) is 67.2. The number of hydrogen-bond donors (Lipinski definition) is 5. The van der Waals surface area contributed by atoms with Gasteiger partial charge >= 0.3 is 11.9 Å². The SMILES string of the molecule is COC(=O)[C@@]1(Cc2ccc(O)c(F)c2)CC1C(=O)N(Cc1ccc(OC)cc1OC)OCc1ccc(OC)cc1.COc1ccc(CON(Cc2ccc(OC)cc2OC)C(=O)C2C[C@]2(Cc2ccc(O)c(F)c2)C(=O)O)cc1.COc1ccc(CON(Cc2ccc(OC)cc2OC)C(=O)C2C[C@]2(Cc2ccc(O)c(F)c2)C(N)=O)cc1.[B]. The van der Waals surface area contributed by atoms with Crippen LogP contribution in [0, 0.1) is 51.5 Å². The van der Waals surface area contributed by atoms with Crippen LogP contribution in [0.3, 0.4) is 0 Å². The highest BCUT2D eigenvalue weighted by atomic mass is 19.1. The lowest BCUT2D eigenvalue weighted by molar-refractivity contribution is -0.198. The van der Waals surface area contributed by atoms with Gasteiger partial charge in [0.2, 0.25) is 5.91 Å². The normalized spacial score (nSPS) is 17.6. The Kier molecular flexibility index (Phi) is 30.5. The van der Waals surface area contributed by atoms with Gasteiger partial charge in [-0.3, -0.25) is 43.3 Å². The molecule has 3 unspecified atom stereocenters. The molecule has 9 aromatic carbocycles. The quantitative estimate of drug-likeness (QED) is 0.0138. The maximum absolute atomic E-state index is 14.0. The van der Waals surface area contributed by atoms with Gasteiger partial charge in [0.1, 0.15) is 71.6 Å². The number of methoxy groups -OCH3 is 10. The summed E-state index contributed by atoms with van der Waals surface area (Å²) >= 11 is 0. The van der Waals surface area contributed by atoms with E-state index in [1.165, 1.54) is 82.1 Å². The van der Waals surface area contributed by atoms with Gasteiger partial charge in [0.05, 0.1) is 125 Å². The van der Waals surface area contributed by atoms with Crippen LogP contribution in [-0.4, -0.2) is 151 Å². The fourth-order valence-corrected chi connectivity index (χ4v) is 13.8. The Morgan fingerprint density at radius 1 is 0.361 bits per heavy atom. The van der Waals surface area contributed by atoms with Crippen LogP contribution in [0.25, 0.3) is 0 Å². The number of nitrogens with zero attached hydrogens (tertiary/aromatic N) is 3. The van der Waals surface area contributed by atoms with E-state index in [-0.39, 0.29) is 86.4 Å². The van der Waals surface area contributed by atoms with Crippen molar-refractivity contribution in [2.24, 2.45) is 39.7 Å². The lowest BCUT2D eigenvalue weighted by Crippen LogP contribution is -2.37. The minimum Gasteiger partial charge on any atom is -0.505 e. The summed E-state index contributed by atoms with van der Waals surface area (Å²) in [6, 6.07) is 48.6. The third kappa shape index (κ3) is 21.9. The monoisotopic (exact) mass is 1640 g/mol. The Balaban J connectivity index is 0.000000202. The Morgan fingerprint density at radius 3 is 0.899 bits per heavy atom. The summed E-state index contributed by atoms with van der Waals surface area (Å²) in [5.74, 6) is -4.93. The first-order valence-electron chi connectivity index (χ1n) is 37.0. The Labute approximate surface area is 687 Å². The number of hydroxylamine groups is 6. The van der Waals surface area contributed by atoms with Crippen LogP contribution in [0.4, 0.5) is 13.2 Å². The van der Waals surface area contributed by atoms with Gasteiger partial charge in [-0.15, -0.1) is 0 Å². The minimum atomic E-state index is -1.42. The molecule has 0 saturated heterocycles. The third-order valence-electron chi connectivity index (χ3n) is 21.0. The molecule has 0 aliphatic heterocycles. The Morgan fingerprint density at radius 2 is 0.622 bits per heavy atom. The summed E-state index contributed by atoms with van der Waals surface area (Å²) in [4.78, 5) is 97.2. The largest absolute Gasteiger partial charge is 0.505 e. The zero-order chi connectivity index (χ0) is 85.2. The van der Waals surface area contributed by atoms with Gasteiger partial charge in [0.25, 0.3) is 17.7 Å². The van der Waals surface area contributed by atoms with Gasteiger partial charge < -0.3 is 73.5 Å². The number of benzene rings is 9. The van der Waals surface area contributed by atoms with Crippen molar-refractivity contribution in [3.05, 3.63) is 250 Å². The number of nitrogens with two attached hydrogens (primary N) is 1. The van der Waals surface area contributed by atoms with E-state index in [1.54, 1.807) is 139 Å². The number of halogens is 3. The number of aromatic hydroxyl groups is 3. The summed E-state index contributed by atoms with van der Waals surface area (Å²) in [6.45, 7) is 0.250. The molecule has 3 saturated carbocycles. The second kappa shape index (κ2) is 40.3. The lowest BCUT2D eigenvalue weighted by atomic mass is 9.92. The molecule has 27 nitrogen and oxygen atoms in total. The van der Waals surface area contributed by atoms with Crippen molar-refractivity contribution in [3.63, 3.8) is 0 Å². The van der Waals surface area contributed by atoms with Gasteiger partial charge in [-0.25, -0.2) is 28.4 Å². The molecule has 3 aliphatic carbocycles. The molecule has 3 radical (unpaired) electrons. The number of esters is 1. The maximum atomic E-state index is 14.0. The number of carboxylic acids is 1. The molecule has 119 heavy (non-hydrogen) atoms. The molecule has 0 bridgehead atoms. The number of hydrogen-bond acceptors (Lipinski definition) is 22. The topological polar surface area (TPSA) is 339 Å². The van der Waals surface area contributed by atoms with E-state index in [0.29, 0.717) is 85.1 Å².